The molecule has 2 heterocycles. The van der Waals surface area contributed by atoms with Crippen LogP contribution < -0.4 is 20.1 Å². The number of amides is 1. The van der Waals surface area contributed by atoms with Crippen LogP contribution in [0.4, 0.5) is 11.5 Å². The zero-order valence-corrected chi connectivity index (χ0v) is 19.0. The van der Waals surface area contributed by atoms with Gasteiger partial charge in [0, 0.05) is 30.5 Å². The average Bonchev–Trinajstić information content (AvgIpc) is 3.24. The van der Waals surface area contributed by atoms with Crippen LogP contribution in [0.2, 0.25) is 5.02 Å². The van der Waals surface area contributed by atoms with Crippen molar-refractivity contribution in [2.75, 3.05) is 24.9 Å². The summed E-state index contributed by atoms with van der Waals surface area (Å²) >= 11 is 6.22. The highest BCUT2D eigenvalue weighted by atomic mass is 35.5. The Balaban J connectivity index is 1.42. The minimum absolute atomic E-state index is 0.189. The van der Waals surface area contributed by atoms with Gasteiger partial charge < -0.3 is 20.1 Å². The van der Waals surface area contributed by atoms with Gasteiger partial charge in [-0.25, -0.2) is 0 Å². The largest absolute Gasteiger partial charge is 0.497 e. The molecule has 0 aliphatic heterocycles. The fourth-order valence-corrected chi connectivity index (χ4v) is 3.46. The van der Waals surface area contributed by atoms with Crippen LogP contribution in [0.1, 0.15) is 17.8 Å². The van der Waals surface area contributed by atoms with Gasteiger partial charge in [0.1, 0.15) is 17.3 Å². The fraction of sp³-hybridized carbons (Fsp3) is 0.217. The number of benzene rings is 2. The number of fused-ring (bicyclic) bond motifs is 1. The standard InChI is InChI=1S/C23H23ClN6O3/c1-32-16-7-8-19(33-2)18(13-16)26-23(31)12-11-22-28-27-21-10-9-20(29-30(21)22)25-14-15-5-3-4-6-17(15)24/h3-10,13H,11-12,14H2,1-2H3,(H,25,29)(H,26,31). The van der Waals surface area contributed by atoms with E-state index in [-0.39, 0.29) is 12.3 Å². The lowest BCUT2D eigenvalue weighted by molar-refractivity contribution is -0.116. The minimum Gasteiger partial charge on any atom is -0.497 e. The van der Waals surface area contributed by atoms with E-state index in [0.717, 1.165) is 5.56 Å². The lowest BCUT2D eigenvalue weighted by Gasteiger charge is -2.11. The second kappa shape index (κ2) is 10.2. The van der Waals surface area contributed by atoms with Crippen molar-refractivity contribution in [2.45, 2.75) is 19.4 Å². The van der Waals surface area contributed by atoms with Gasteiger partial charge in [-0.3, -0.25) is 4.79 Å². The molecule has 33 heavy (non-hydrogen) atoms. The van der Waals surface area contributed by atoms with E-state index >= 15 is 0 Å². The molecule has 9 nitrogen and oxygen atoms in total. The van der Waals surface area contributed by atoms with Crippen LogP contribution in [0, 0.1) is 0 Å². The Morgan fingerprint density at radius 2 is 1.91 bits per heavy atom. The molecule has 1 amide bonds. The first-order valence-electron chi connectivity index (χ1n) is 10.3. The minimum atomic E-state index is -0.189. The summed E-state index contributed by atoms with van der Waals surface area (Å²) in [7, 11) is 3.11. The zero-order valence-electron chi connectivity index (χ0n) is 18.2. The number of carbonyl (C=O) groups is 1. The highest BCUT2D eigenvalue weighted by Gasteiger charge is 2.13. The van der Waals surface area contributed by atoms with E-state index in [1.165, 1.54) is 0 Å². The van der Waals surface area contributed by atoms with Crippen LogP contribution in [-0.4, -0.2) is 39.9 Å². The lowest BCUT2D eigenvalue weighted by Crippen LogP contribution is -2.14. The molecule has 4 aromatic rings. The smallest absolute Gasteiger partial charge is 0.224 e. The molecule has 0 saturated carbocycles. The lowest BCUT2D eigenvalue weighted by atomic mass is 10.2. The molecule has 0 aliphatic rings. The first kappa shape index (κ1) is 22.3. The number of hydrogen-bond acceptors (Lipinski definition) is 7. The van der Waals surface area contributed by atoms with Crippen LogP contribution in [0.3, 0.4) is 0 Å². The number of ether oxygens (including phenoxy) is 2. The average molecular weight is 467 g/mol. The van der Waals surface area contributed by atoms with Crippen LogP contribution in [0.5, 0.6) is 11.5 Å². The highest BCUT2D eigenvalue weighted by Crippen LogP contribution is 2.29. The number of halogens is 1. The summed E-state index contributed by atoms with van der Waals surface area (Å²) < 4.78 is 12.2. The Morgan fingerprint density at radius 3 is 2.70 bits per heavy atom. The van der Waals surface area contributed by atoms with Crippen LogP contribution in [0.25, 0.3) is 5.65 Å². The van der Waals surface area contributed by atoms with Gasteiger partial charge >= 0.3 is 0 Å². The maximum absolute atomic E-state index is 12.6. The number of nitrogens with one attached hydrogen (secondary N) is 2. The summed E-state index contributed by atoms with van der Waals surface area (Å²) in [4.78, 5) is 12.6. The third kappa shape index (κ3) is 5.32. The molecule has 10 heteroatoms. The van der Waals surface area contributed by atoms with Crippen molar-refractivity contribution in [3.63, 3.8) is 0 Å². The van der Waals surface area contributed by atoms with Crippen LogP contribution in [0.15, 0.2) is 54.6 Å². The maximum atomic E-state index is 12.6. The third-order valence-electron chi connectivity index (χ3n) is 5.00. The molecule has 0 atom stereocenters. The molecule has 2 aromatic carbocycles. The number of anilines is 2. The summed E-state index contributed by atoms with van der Waals surface area (Å²) in [6.45, 7) is 0.528. The van der Waals surface area contributed by atoms with Crippen molar-refractivity contribution in [1.82, 2.24) is 19.8 Å². The van der Waals surface area contributed by atoms with E-state index in [9.17, 15) is 4.79 Å². The van der Waals surface area contributed by atoms with E-state index in [0.29, 0.717) is 52.5 Å². The molecule has 2 aromatic heterocycles. The van der Waals surface area contributed by atoms with Gasteiger partial charge in [-0.1, -0.05) is 29.8 Å². The first-order chi connectivity index (χ1) is 16.1. The zero-order chi connectivity index (χ0) is 23.2. The number of carbonyl (C=O) groups excluding carboxylic acids is 1. The highest BCUT2D eigenvalue weighted by molar-refractivity contribution is 6.31. The third-order valence-corrected chi connectivity index (χ3v) is 5.37. The van der Waals surface area contributed by atoms with E-state index in [4.69, 9.17) is 21.1 Å². The molecule has 170 valence electrons. The van der Waals surface area contributed by atoms with Crippen LogP contribution >= 0.6 is 11.6 Å². The predicted octanol–water partition coefficient (Wildman–Crippen LogP) is 3.98. The van der Waals surface area contributed by atoms with Gasteiger partial charge in [-0.05, 0) is 35.9 Å². The Bertz CT molecular complexity index is 1280. The summed E-state index contributed by atoms with van der Waals surface area (Å²) in [6.07, 6.45) is 0.556. The maximum Gasteiger partial charge on any atom is 0.224 e. The molecule has 0 aliphatic carbocycles. The quantitative estimate of drug-likeness (QED) is 0.384. The molecule has 2 N–H and O–H groups in total. The Labute approximate surface area is 195 Å². The van der Waals surface area contributed by atoms with E-state index in [1.807, 2.05) is 36.4 Å². The number of rotatable bonds is 9. The number of nitrogens with zero attached hydrogens (tertiary/aromatic N) is 4. The van der Waals surface area contributed by atoms with Crippen molar-refractivity contribution >= 4 is 34.7 Å². The van der Waals surface area contributed by atoms with Crippen LogP contribution in [-0.2, 0) is 17.8 Å². The van der Waals surface area contributed by atoms with Crippen molar-refractivity contribution in [3.8, 4) is 11.5 Å². The molecule has 0 unspecified atom stereocenters. The van der Waals surface area contributed by atoms with Gasteiger partial charge in [-0.2, -0.15) is 4.52 Å². The second-order valence-electron chi connectivity index (χ2n) is 7.16. The Morgan fingerprint density at radius 1 is 1.06 bits per heavy atom. The van der Waals surface area contributed by atoms with E-state index in [2.05, 4.69) is 25.9 Å². The van der Waals surface area contributed by atoms with Gasteiger partial charge in [-0.15, -0.1) is 15.3 Å². The normalized spacial score (nSPS) is 10.8. The summed E-state index contributed by atoms with van der Waals surface area (Å²) in [6, 6.07) is 16.5. The van der Waals surface area contributed by atoms with Gasteiger partial charge in [0.25, 0.3) is 0 Å². The van der Waals surface area contributed by atoms with Crippen molar-refractivity contribution in [3.05, 3.63) is 71.0 Å². The number of aryl methyl sites for hydroxylation is 1. The Kier molecular flexibility index (Phi) is 6.89. The predicted molar refractivity (Wildman–Crippen MR) is 126 cm³/mol. The SMILES string of the molecule is COc1ccc(OC)c(NC(=O)CCc2nnc3ccc(NCc4ccccc4Cl)nn23)c1. The van der Waals surface area contributed by atoms with Crippen molar-refractivity contribution < 1.29 is 14.3 Å². The van der Waals surface area contributed by atoms with E-state index in [1.54, 1.807) is 36.9 Å². The number of methoxy groups -OCH3 is 2. The molecular weight excluding hydrogens is 444 g/mol. The fourth-order valence-electron chi connectivity index (χ4n) is 3.26. The van der Waals surface area contributed by atoms with Crippen molar-refractivity contribution in [1.29, 1.82) is 0 Å². The topological polar surface area (TPSA) is 103 Å². The molecule has 0 bridgehead atoms. The molecular formula is C23H23ClN6O3. The molecule has 0 spiro atoms. The van der Waals surface area contributed by atoms with Gasteiger partial charge in [0.05, 0.1) is 19.9 Å². The summed E-state index contributed by atoms with van der Waals surface area (Å²) in [5.74, 6) is 2.21. The summed E-state index contributed by atoms with van der Waals surface area (Å²) in [5.41, 5.74) is 2.11. The first-order valence-corrected chi connectivity index (χ1v) is 10.7. The molecule has 0 fully saturated rings. The van der Waals surface area contributed by atoms with Gasteiger partial charge in [0.15, 0.2) is 11.5 Å². The monoisotopic (exact) mass is 466 g/mol. The number of hydrogen-bond donors (Lipinski definition) is 2. The Hall–Kier alpha value is -3.85. The molecule has 0 saturated heterocycles. The van der Waals surface area contributed by atoms with Gasteiger partial charge in [0.2, 0.25) is 5.91 Å². The molecule has 4 rings (SSSR count). The van der Waals surface area contributed by atoms with E-state index < -0.39 is 0 Å². The second-order valence-corrected chi connectivity index (χ2v) is 7.57. The number of aromatic nitrogens is 4. The van der Waals surface area contributed by atoms with Crippen molar-refractivity contribution in [2.24, 2.45) is 0 Å². The summed E-state index contributed by atoms with van der Waals surface area (Å²) in [5, 5.41) is 19.7. The molecule has 0 radical (unpaired) electrons.